The number of hydrogen-bond donors (Lipinski definition) is 1. The Morgan fingerprint density at radius 2 is 1.89 bits per heavy atom. The van der Waals surface area contributed by atoms with Gasteiger partial charge in [0.15, 0.2) is 9.84 Å². The Labute approximate surface area is 111 Å². The predicted molar refractivity (Wildman–Crippen MR) is 76.8 cm³/mol. The molecule has 0 heterocycles. The lowest BCUT2D eigenvalue weighted by atomic mass is 9.98. The number of nitrogens with one attached hydrogen (secondary N) is 1. The zero-order valence-corrected chi connectivity index (χ0v) is 12.6. The summed E-state index contributed by atoms with van der Waals surface area (Å²) in [7, 11) is -1.20. The number of aryl methyl sites for hydroxylation is 2. The Hall–Kier alpha value is -0.870. The molecule has 0 radical (unpaired) electrons. The van der Waals surface area contributed by atoms with Crippen molar-refractivity contribution in [1.82, 2.24) is 5.32 Å². The smallest absolute Gasteiger partial charge is 0.151 e. The maximum Gasteiger partial charge on any atom is 0.151 e. The molecular weight excluding hydrogens is 246 g/mol. The Morgan fingerprint density at radius 1 is 1.28 bits per heavy atom. The molecule has 0 aliphatic carbocycles. The number of likely N-dealkylation sites (N-methyl/N-ethyl adjacent to an activating group) is 1. The maximum atomic E-state index is 11.6. The molecule has 3 nitrogen and oxygen atoms in total. The van der Waals surface area contributed by atoms with Gasteiger partial charge in [0.25, 0.3) is 0 Å². The van der Waals surface area contributed by atoms with Crippen molar-refractivity contribution < 1.29 is 8.42 Å². The monoisotopic (exact) mass is 269 g/mol. The standard InChI is InChI=1S/C14H23NO2S/c1-10-6-7-11(2)13(8-10)9-14(15-4)12(3)18(5,16)17/h6-8,12,14-15H,9H2,1-5H3. The summed E-state index contributed by atoms with van der Waals surface area (Å²) < 4.78 is 23.3. The van der Waals surface area contributed by atoms with E-state index < -0.39 is 9.84 Å². The molecule has 18 heavy (non-hydrogen) atoms. The zero-order chi connectivity index (χ0) is 13.9. The first kappa shape index (κ1) is 15.2. The van der Waals surface area contributed by atoms with E-state index in [0.717, 1.165) is 6.42 Å². The van der Waals surface area contributed by atoms with Crippen LogP contribution >= 0.6 is 0 Å². The summed E-state index contributed by atoms with van der Waals surface area (Å²) in [6.07, 6.45) is 2.03. The van der Waals surface area contributed by atoms with Crippen LogP contribution in [0, 0.1) is 13.8 Å². The molecule has 0 bridgehead atoms. The fourth-order valence-corrected chi connectivity index (χ4v) is 2.89. The average molecular weight is 269 g/mol. The third kappa shape index (κ3) is 3.82. The Kier molecular flexibility index (Phi) is 4.93. The number of hydrogen-bond acceptors (Lipinski definition) is 3. The number of sulfone groups is 1. The molecule has 0 aliphatic heterocycles. The summed E-state index contributed by atoms with van der Waals surface area (Å²) in [5, 5.41) is 2.74. The van der Waals surface area contributed by atoms with Gasteiger partial charge in [-0.3, -0.25) is 0 Å². The molecule has 102 valence electrons. The lowest BCUT2D eigenvalue weighted by molar-refractivity contribution is 0.515. The lowest BCUT2D eigenvalue weighted by Gasteiger charge is -2.23. The van der Waals surface area contributed by atoms with Crippen LogP contribution in [0.15, 0.2) is 18.2 Å². The van der Waals surface area contributed by atoms with Gasteiger partial charge in [-0.2, -0.15) is 0 Å². The van der Waals surface area contributed by atoms with E-state index in [0.29, 0.717) is 0 Å². The van der Waals surface area contributed by atoms with Crippen LogP contribution in [0.3, 0.4) is 0 Å². The molecule has 0 aliphatic rings. The molecule has 1 N–H and O–H groups in total. The van der Waals surface area contributed by atoms with Crippen LogP contribution in [-0.4, -0.2) is 33.0 Å². The minimum atomic E-state index is -3.02. The van der Waals surface area contributed by atoms with Gasteiger partial charge in [0.2, 0.25) is 0 Å². The summed E-state index contributed by atoms with van der Waals surface area (Å²) in [5.41, 5.74) is 3.63. The van der Waals surface area contributed by atoms with E-state index in [1.54, 1.807) is 6.92 Å². The van der Waals surface area contributed by atoms with Gasteiger partial charge in [0.1, 0.15) is 0 Å². The third-order valence-corrected chi connectivity index (χ3v) is 5.24. The van der Waals surface area contributed by atoms with E-state index in [2.05, 4.69) is 37.4 Å². The molecule has 0 saturated carbocycles. The summed E-state index contributed by atoms with van der Waals surface area (Å²) in [5.74, 6) is 0. The van der Waals surface area contributed by atoms with Gasteiger partial charge < -0.3 is 5.32 Å². The molecule has 0 spiro atoms. The van der Waals surface area contributed by atoms with Gasteiger partial charge >= 0.3 is 0 Å². The van der Waals surface area contributed by atoms with Crippen molar-refractivity contribution in [3.63, 3.8) is 0 Å². The minimum Gasteiger partial charge on any atom is -0.315 e. The van der Waals surface area contributed by atoms with E-state index >= 15 is 0 Å². The summed E-state index contributed by atoms with van der Waals surface area (Å²) in [6, 6.07) is 6.24. The lowest BCUT2D eigenvalue weighted by Crippen LogP contribution is -2.42. The topological polar surface area (TPSA) is 46.2 Å². The van der Waals surface area contributed by atoms with Crippen LogP contribution in [0.5, 0.6) is 0 Å². The van der Waals surface area contributed by atoms with Crippen LogP contribution in [-0.2, 0) is 16.3 Å². The Balaban J connectivity index is 2.96. The fourth-order valence-electron chi connectivity index (χ4n) is 2.06. The quantitative estimate of drug-likeness (QED) is 0.887. The molecule has 2 unspecified atom stereocenters. The van der Waals surface area contributed by atoms with E-state index in [1.165, 1.54) is 22.9 Å². The van der Waals surface area contributed by atoms with Crippen molar-refractivity contribution in [3.05, 3.63) is 34.9 Å². The SMILES string of the molecule is CNC(Cc1cc(C)ccc1C)C(C)S(C)(=O)=O. The number of benzene rings is 1. The minimum absolute atomic E-state index is 0.0551. The van der Waals surface area contributed by atoms with E-state index in [1.807, 2.05) is 7.05 Å². The second kappa shape index (κ2) is 5.85. The van der Waals surface area contributed by atoms with E-state index in [-0.39, 0.29) is 11.3 Å². The second-order valence-corrected chi connectivity index (χ2v) is 7.47. The van der Waals surface area contributed by atoms with Gasteiger partial charge in [0.05, 0.1) is 5.25 Å². The third-order valence-electron chi connectivity index (χ3n) is 3.56. The zero-order valence-electron chi connectivity index (χ0n) is 11.8. The van der Waals surface area contributed by atoms with Gasteiger partial charge in [0, 0.05) is 12.3 Å². The molecule has 0 saturated heterocycles. The summed E-state index contributed by atoms with van der Waals surface area (Å²) in [4.78, 5) is 0. The average Bonchev–Trinajstić information content (AvgIpc) is 2.28. The van der Waals surface area contributed by atoms with E-state index in [9.17, 15) is 8.42 Å². The van der Waals surface area contributed by atoms with Crippen LogP contribution in [0.4, 0.5) is 0 Å². The van der Waals surface area contributed by atoms with Gasteiger partial charge in [-0.25, -0.2) is 8.42 Å². The molecular formula is C14H23NO2S. The molecule has 4 heteroatoms. The Morgan fingerprint density at radius 3 is 2.39 bits per heavy atom. The fraction of sp³-hybridized carbons (Fsp3) is 0.571. The summed E-state index contributed by atoms with van der Waals surface area (Å²) in [6.45, 7) is 5.88. The van der Waals surface area contributed by atoms with Crippen molar-refractivity contribution in [1.29, 1.82) is 0 Å². The van der Waals surface area contributed by atoms with Crippen LogP contribution in [0.1, 0.15) is 23.6 Å². The first-order valence-electron chi connectivity index (χ1n) is 6.18. The highest BCUT2D eigenvalue weighted by atomic mass is 32.2. The van der Waals surface area contributed by atoms with Gasteiger partial charge in [-0.15, -0.1) is 0 Å². The molecule has 1 aromatic rings. The van der Waals surface area contributed by atoms with Crippen molar-refractivity contribution in [3.8, 4) is 0 Å². The highest BCUT2D eigenvalue weighted by Crippen LogP contribution is 2.16. The second-order valence-electron chi connectivity index (χ2n) is 5.06. The van der Waals surface area contributed by atoms with Crippen LogP contribution in [0.25, 0.3) is 0 Å². The van der Waals surface area contributed by atoms with Gasteiger partial charge in [-0.1, -0.05) is 23.8 Å². The van der Waals surface area contributed by atoms with Crippen LogP contribution < -0.4 is 5.32 Å². The van der Waals surface area contributed by atoms with Crippen molar-refractivity contribution in [2.24, 2.45) is 0 Å². The van der Waals surface area contributed by atoms with E-state index in [4.69, 9.17) is 0 Å². The predicted octanol–water partition coefficient (Wildman–Crippen LogP) is 1.87. The highest BCUT2D eigenvalue weighted by molar-refractivity contribution is 7.91. The van der Waals surface area contributed by atoms with Crippen molar-refractivity contribution in [2.45, 2.75) is 38.5 Å². The van der Waals surface area contributed by atoms with Gasteiger partial charge in [-0.05, 0) is 45.4 Å². The molecule has 1 rings (SSSR count). The number of rotatable bonds is 5. The normalized spacial score (nSPS) is 15.4. The summed E-state index contributed by atoms with van der Waals surface area (Å²) >= 11 is 0. The highest BCUT2D eigenvalue weighted by Gasteiger charge is 2.25. The first-order chi connectivity index (χ1) is 8.25. The van der Waals surface area contributed by atoms with Crippen molar-refractivity contribution >= 4 is 9.84 Å². The largest absolute Gasteiger partial charge is 0.315 e. The van der Waals surface area contributed by atoms with Crippen molar-refractivity contribution in [2.75, 3.05) is 13.3 Å². The Bertz CT molecular complexity index is 509. The molecule has 1 aromatic carbocycles. The van der Waals surface area contributed by atoms with Crippen LogP contribution in [0.2, 0.25) is 0 Å². The molecule has 0 fully saturated rings. The molecule has 2 atom stereocenters. The maximum absolute atomic E-state index is 11.6. The first-order valence-corrected chi connectivity index (χ1v) is 8.13. The molecule has 0 amide bonds. The molecule has 0 aromatic heterocycles.